The molecule has 0 unspecified atom stereocenters. The van der Waals surface area contributed by atoms with Crippen LogP contribution in [0, 0.1) is 0 Å². The van der Waals surface area contributed by atoms with E-state index in [1.165, 1.54) is 55.0 Å². The molecule has 2 heterocycles. The molecule has 2 aromatic heterocycles. The molecule has 258 valence electrons. The van der Waals surface area contributed by atoms with E-state index >= 15 is 0 Å². The van der Waals surface area contributed by atoms with Crippen LogP contribution < -0.4 is 4.90 Å². The Morgan fingerprint density at radius 1 is 0.382 bits per heavy atom. The van der Waals surface area contributed by atoms with Crippen molar-refractivity contribution in [2.75, 3.05) is 4.90 Å². The Balaban J connectivity index is 0.987. The molecule has 3 nitrogen and oxygen atoms in total. The minimum atomic E-state index is 0.876. The summed E-state index contributed by atoms with van der Waals surface area (Å²) in [7, 11) is 0. The topological polar surface area (TPSA) is 21.3 Å². The minimum absolute atomic E-state index is 0.876. The molecule has 0 spiro atoms. The molecular weight excluding hydrogens is 669 g/mol. The molecule has 0 aliphatic rings. The zero-order valence-corrected chi connectivity index (χ0v) is 29.9. The highest BCUT2D eigenvalue weighted by atomic mass is 16.3. The number of nitrogens with zero attached hydrogens (tertiary/aromatic N) is 2. The van der Waals surface area contributed by atoms with E-state index in [4.69, 9.17) is 4.42 Å². The van der Waals surface area contributed by atoms with Crippen molar-refractivity contribution in [3.05, 3.63) is 206 Å². The Labute approximate surface area is 318 Å². The monoisotopic (exact) mass is 702 g/mol. The van der Waals surface area contributed by atoms with Crippen molar-refractivity contribution in [3.63, 3.8) is 0 Å². The summed E-state index contributed by atoms with van der Waals surface area (Å²) in [6, 6.07) is 73.9. The second-order valence-corrected chi connectivity index (χ2v) is 14.1. The Bertz CT molecular complexity index is 3150. The highest BCUT2D eigenvalue weighted by Crippen LogP contribution is 2.44. The fourth-order valence-electron chi connectivity index (χ4n) is 8.43. The van der Waals surface area contributed by atoms with Gasteiger partial charge in [-0.1, -0.05) is 146 Å². The first-order chi connectivity index (χ1) is 27.3. The molecular formula is C52H34N2O. The van der Waals surface area contributed by atoms with Gasteiger partial charge in [-0.15, -0.1) is 0 Å². The number of anilines is 3. The van der Waals surface area contributed by atoms with Gasteiger partial charge in [0.15, 0.2) is 0 Å². The summed E-state index contributed by atoms with van der Waals surface area (Å²) in [5.41, 5.74) is 13.3. The predicted molar refractivity (Wildman–Crippen MR) is 231 cm³/mol. The summed E-state index contributed by atoms with van der Waals surface area (Å²) in [6.45, 7) is 0. The Morgan fingerprint density at radius 3 is 1.71 bits per heavy atom. The Hall–Kier alpha value is -7.36. The molecule has 11 rings (SSSR count). The number of furan rings is 1. The Kier molecular flexibility index (Phi) is 7.17. The summed E-state index contributed by atoms with van der Waals surface area (Å²) >= 11 is 0. The maximum absolute atomic E-state index is 6.34. The normalized spacial score (nSPS) is 11.6. The van der Waals surface area contributed by atoms with Crippen molar-refractivity contribution in [2.45, 2.75) is 0 Å². The molecule has 0 atom stereocenters. The number of fused-ring (bicyclic) bond motifs is 7. The lowest BCUT2D eigenvalue weighted by Crippen LogP contribution is -2.10. The van der Waals surface area contributed by atoms with Crippen molar-refractivity contribution in [3.8, 4) is 27.9 Å². The van der Waals surface area contributed by atoms with Crippen LogP contribution in [0.4, 0.5) is 17.1 Å². The number of hydrogen-bond donors (Lipinski definition) is 0. The molecule has 11 aromatic rings. The fourth-order valence-corrected chi connectivity index (χ4v) is 8.43. The van der Waals surface area contributed by atoms with E-state index in [9.17, 15) is 0 Å². The Morgan fingerprint density at radius 2 is 0.945 bits per heavy atom. The van der Waals surface area contributed by atoms with Crippen molar-refractivity contribution < 1.29 is 4.42 Å². The lowest BCUT2D eigenvalue weighted by atomic mass is 9.98. The van der Waals surface area contributed by atoms with Crippen molar-refractivity contribution in [1.82, 2.24) is 4.57 Å². The standard InChI is InChI=1S/C52H34N2O/c1-2-13-39-34-41(33-30-35(39)12-1)53(49-21-11-23-51-52(49)45-17-6-10-22-50(45)55-51)40-31-28-37(29-32-40)36-24-26-38(27-25-36)42-14-3-7-18-46(42)54-47-19-8-4-15-43(47)44-16-5-9-20-48(44)54/h1-34H. The molecule has 0 saturated carbocycles. The first-order valence-electron chi connectivity index (χ1n) is 18.8. The number of benzene rings is 9. The van der Waals surface area contributed by atoms with Gasteiger partial charge in [0, 0.05) is 33.1 Å². The quantitative estimate of drug-likeness (QED) is 0.172. The third-order valence-corrected chi connectivity index (χ3v) is 11.0. The SMILES string of the molecule is c1ccc(-n2c3ccccc3c3ccccc32)c(-c2ccc(-c3ccc(N(c4ccc5ccccc5c4)c4cccc5oc6ccccc6c45)cc3)cc2)c1. The second-order valence-electron chi connectivity index (χ2n) is 14.1. The van der Waals surface area contributed by atoms with Crippen LogP contribution in [0.15, 0.2) is 211 Å². The van der Waals surface area contributed by atoms with Crippen LogP contribution >= 0.6 is 0 Å². The highest BCUT2D eigenvalue weighted by Gasteiger charge is 2.20. The van der Waals surface area contributed by atoms with Crippen LogP contribution in [-0.4, -0.2) is 4.57 Å². The van der Waals surface area contributed by atoms with Gasteiger partial charge in [-0.2, -0.15) is 0 Å². The van der Waals surface area contributed by atoms with Gasteiger partial charge in [-0.05, 0) is 88.1 Å². The second kappa shape index (κ2) is 12.6. The van der Waals surface area contributed by atoms with Crippen molar-refractivity contribution >= 4 is 71.6 Å². The molecule has 9 aromatic carbocycles. The van der Waals surface area contributed by atoms with Crippen LogP contribution in [0.5, 0.6) is 0 Å². The summed E-state index contributed by atoms with van der Waals surface area (Å²) in [6.07, 6.45) is 0. The zero-order chi connectivity index (χ0) is 36.3. The number of aromatic nitrogens is 1. The average molecular weight is 703 g/mol. The van der Waals surface area contributed by atoms with Crippen LogP contribution in [-0.2, 0) is 0 Å². The summed E-state index contributed by atoms with van der Waals surface area (Å²) in [4.78, 5) is 2.36. The molecule has 0 N–H and O–H groups in total. The van der Waals surface area contributed by atoms with Crippen LogP contribution in [0.2, 0.25) is 0 Å². The summed E-state index contributed by atoms with van der Waals surface area (Å²) in [5.74, 6) is 0. The van der Waals surface area contributed by atoms with E-state index < -0.39 is 0 Å². The number of hydrogen-bond acceptors (Lipinski definition) is 2. The largest absolute Gasteiger partial charge is 0.456 e. The molecule has 0 radical (unpaired) electrons. The lowest BCUT2D eigenvalue weighted by Gasteiger charge is -2.27. The summed E-state index contributed by atoms with van der Waals surface area (Å²) < 4.78 is 8.75. The van der Waals surface area contributed by atoms with Crippen LogP contribution in [0.1, 0.15) is 0 Å². The molecule has 0 aliphatic heterocycles. The van der Waals surface area contributed by atoms with Gasteiger partial charge >= 0.3 is 0 Å². The van der Waals surface area contributed by atoms with E-state index in [2.05, 4.69) is 204 Å². The zero-order valence-electron chi connectivity index (χ0n) is 29.9. The van der Waals surface area contributed by atoms with E-state index in [1.54, 1.807) is 0 Å². The van der Waals surface area contributed by atoms with Crippen LogP contribution in [0.3, 0.4) is 0 Å². The molecule has 0 bridgehead atoms. The van der Waals surface area contributed by atoms with E-state index in [-0.39, 0.29) is 0 Å². The molecule has 0 aliphatic carbocycles. The third kappa shape index (κ3) is 5.13. The number of rotatable bonds is 6. The number of para-hydroxylation sites is 4. The highest BCUT2D eigenvalue weighted by molar-refractivity contribution is 6.14. The minimum Gasteiger partial charge on any atom is -0.456 e. The van der Waals surface area contributed by atoms with Gasteiger partial charge in [0.1, 0.15) is 11.2 Å². The first-order valence-corrected chi connectivity index (χ1v) is 18.8. The molecule has 3 heteroatoms. The maximum atomic E-state index is 6.34. The van der Waals surface area contributed by atoms with Crippen molar-refractivity contribution in [2.24, 2.45) is 0 Å². The van der Waals surface area contributed by atoms with E-state index in [0.29, 0.717) is 0 Å². The summed E-state index contributed by atoms with van der Waals surface area (Å²) in [5, 5.41) is 7.16. The van der Waals surface area contributed by atoms with Gasteiger partial charge in [0.05, 0.1) is 27.8 Å². The lowest BCUT2D eigenvalue weighted by molar-refractivity contribution is 0.669. The fraction of sp³-hybridized carbons (Fsp3) is 0. The van der Waals surface area contributed by atoms with E-state index in [1.807, 2.05) is 12.1 Å². The average Bonchev–Trinajstić information content (AvgIpc) is 3.81. The van der Waals surface area contributed by atoms with Gasteiger partial charge in [-0.3, -0.25) is 0 Å². The van der Waals surface area contributed by atoms with Gasteiger partial charge < -0.3 is 13.9 Å². The molecule has 55 heavy (non-hydrogen) atoms. The molecule has 0 saturated heterocycles. The smallest absolute Gasteiger partial charge is 0.137 e. The van der Waals surface area contributed by atoms with Gasteiger partial charge in [-0.25, -0.2) is 0 Å². The third-order valence-electron chi connectivity index (χ3n) is 11.0. The van der Waals surface area contributed by atoms with Crippen LogP contribution in [0.25, 0.3) is 82.5 Å². The first kappa shape index (κ1) is 31.2. The maximum Gasteiger partial charge on any atom is 0.137 e. The predicted octanol–water partition coefficient (Wildman–Crippen LogP) is 14.6. The van der Waals surface area contributed by atoms with E-state index in [0.717, 1.165) is 44.6 Å². The van der Waals surface area contributed by atoms with Crippen molar-refractivity contribution in [1.29, 1.82) is 0 Å². The van der Waals surface area contributed by atoms with Gasteiger partial charge in [0.2, 0.25) is 0 Å². The molecule has 0 fully saturated rings. The molecule has 0 amide bonds. The van der Waals surface area contributed by atoms with Gasteiger partial charge in [0.25, 0.3) is 0 Å².